The zero-order chi connectivity index (χ0) is 18.3. The van der Waals surface area contributed by atoms with Gasteiger partial charge in [0, 0.05) is 39.5 Å². The predicted octanol–water partition coefficient (Wildman–Crippen LogP) is 3.46. The SMILES string of the molecule is CC(C)CC1(CN)CN(c2ccc(F)c(-c3[nH]nc4ncccc34)n2)C1.[HH].[HH]. The summed E-state index contributed by atoms with van der Waals surface area (Å²) in [5.41, 5.74) is 7.54. The minimum absolute atomic E-state index is 0. The van der Waals surface area contributed by atoms with Crippen LogP contribution < -0.4 is 10.6 Å². The number of aromatic amines is 1. The number of pyridine rings is 2. The van der Waals surface area contributed by atoms with Crippen LogP contribution in [0.1, 0.15) is 23.1 Å². The fourth-order valence-electron chi connectivity index (χ4n) is 3.95. The van der Waals surface area contributed by atoms with E-state index in [-0.39, 0.29) is 19.8 Å². The number of nitrogens with two attached hydrogens (primary N) is 1. The molecule has 7 heteroatoms. The number of halogens is 1. The monoisotopic (exact) mass is 358 g/mol. The standard InChI is InChI=1S/C19H23FN6.2H2/c1-12(2)8-19(9-21)10-26(11-19)15-6-5-14(20)17(23-15)16-13-4-3-7-22-18(13)25-24-16;;/h3-7,12H,8-11,21H2,1-2H3,(H,22,24,25);2*1H. The van der Waals surface area contributed by atoms with Crippen LogP contribution in [0.2, 0.25) is 0 Å². The third-order valence-corrected chi connectivity index (χ3v) is 5.05. The Hall–Kier alpha value is -2.54. The molecular weight excluding hydrogens is 331 g/mol. The van der Waals surface area contributed by atoms with E-state index in [9.17, 15) is 4.39 Å². The number of rotatable bonds is 5. The van der Waals surface area contributed by atoms with Crippen LogP contribution in [0.25, 0.3) is 22.4 Å². The van der Waals surface area contributed by atoms with Crippen molar-refractivity contribution < 1.29 is 7.24 Å². The third-order valence-electron chi connectivity index (χ3n) is 5.05. The Morgan fingerprint density at radius 2 is 2.15 bits per heavy atom. The van der Waals surface area contributed by atoms with E-state index in [2.05, 4.69) is 38.9 Å². The van der Waals surface area contributed by atoms with Gasteiger partial charge in [0.05, 0.1) is 5.69 Å². The Bertz CT molecular complexity index is 939. The molecule has 3 N–H and O–H groups in total. The highest BCUT2D eigenvalue weighted by atomic mass is 19.1. The maximum atomic E-state index is 14.5. The Labute approximate surface area is 154 Å². The van der Waals surface area contributed by atoms with Crippen LogP contribution in [0.5, 0.6) is 0 Å². The largest absolute Gasteiger partial charge is 0.355 e. The van der Waals surface area contributed by atoms with Gasteiger partial charge in [-0.2, -0.15) is 5.10 Å². The number of aromatic nitrogens is 4. The lowest BCUT2D eigenvalue weighted by molar-refractivity contribution is 0.177. The topological polar surface area (TPSA) is 83.7 Å². The number of anilines is 1. The van der Waals surface area contributed by atoms with Crippen LogP contribution in [0, 0.1) is 17.2 Å². The lowest BCUT2D eigenvalue weighted by Gasteiger charge is -2.51. The van der Waals surface area contributed by atoms with Gasteiger partial charge in [-0.05, 0) is 36.6 Å². The Kier molecular flexibility index (Phi) is 4.11. The van der Waals surface area contributed by atoms with Crippen LogP contribution in [-0.4, -0.2) is 39.8 Å². The first-order valence-corrected chi connectivity index (χ1v) is 8.92. The van der Waals surface area contributed by atoms with Gasteiger partial charge < -0.3 is 10.6 Å². The molecule has 0 atom stereocenters. The fraction of sp³-hybridized carbons (Fsp3) is 0.421. The normalized spacial score (nSPS) is 16.3. The summed E-state index contributed by atoms with van der Waals surface area (Å²) in [6.07, 6.45) is 2.75. The van der Waals surface area contributed by atoms with Crippen LogP contribution >= 0.6 is 0 Å². The highest BCUT2D eigenvalue weighted by Crippen LogP contribution is 2.39. The zero-order valence-corrected chi connectivity index (χ0v) is 15.0. The summed E-state index contributed by atoms with van der Waals surface area (Å²) in [4.78, 5) is 10.9. The van der Waals surface area contributed by atoms with Gasteiger partial charge in [-0.3, -0.25) is 5.10 Å². The first-order valence-electron chi connectivity index (χ1n) is 8.92. The van der Waals surface area contributed by atoms with Gasteiger partial charge in [-0.15, -0.1) is 0 Å². The van der Waals surface area contributed by atoms with Crippen LogP contribution in [0.3, 0.4) is 0 Å². The molecule has 0 bridgehead atoms. The van der Waals surface area contributed by atoms with E-state index >= 15 is 0 Å². The maximum absolute atomic E-state index is 14.5. The molecule has 1 saturated heterocycles. The summed E-state index contributed by atoms with van der Waals surface area (Å²) in [7, 11) is 0. The van der Waals surface area contributed by atoms with Crippen LogP contribution in [0.4, 0.5) is 10.2 Å². The number of hydrogen-bond acceptors (Lipinski definition) is 5. The molecule has 3 aromatic rings. The quantitative estimate of drug-likeness (QED) is 0.730. The highest BCUT2D eigenvalue weighted by molar-refractivity contribution is 5.89. The van der Waals surface area contributed by atoms with Gasteiger partial charge in [0.25, 0.3) is 0 Å². The molecular formula is C19H27FN6. The van der Waals surface area contributed by atoms with Gasteiger partial charge in [0.15, 0.2) is 11.5 Å². The molecule has 0 saturated carbocycles. The molecule has 4 heterocycles. The summed E-state index contributed by atoms with van der Waals surface area (Å²) >= 11 is 0. The molecule has 1 fully saturated rings. The minimum atomic E-state index is -0.379. The van der Waals surface area contributed by atoms with E-state index in [1.54, 1.807) is 18.3 Å². The summed E-state index contributed by atoms with van der Waals surface area (Å²) in [5.74, 6) is 0.984. The van der Waals surface area contributed by atoms with E-state index in [1.165, 1.54) is 6.07 Å². The molecule has 0 radical (unpaired) electrons. The van der Waals surface area contributed by atoms with E-state index in [0.29, 0.717) is 23.8 Å². The molecule has 140 valence electrons. The average molecular weight is 358 g/mol. The molecule has 0 spiro atoms. The van der Waals surface area contributed by atoms with Crippen molar-refractivity contribution in [1.82, 2.24) is 20.2 Å². The predicted molar refractivity (Wildman–Crippen MR) is 104 cm³/mol. The third kappa shape index (κ3) is 2.82. The second-order valence-corrected chi connectivity index (χ2v) is 7.63. The number of nitrogens with zero attached hydrogens (tertiary/aromatic N) is 4. The Morgan fingerprint density at radius 3 is 2.88 bits per heavy atom. The van der Waals surface area contributed by atoms with Crippen molar-refractivity contribution in [3.63, 3.8) is 0 Å². The Balaban J connectivity index is 0.00000140. The molecule has 1 aliphatic heterocycles. The van der Waals surface area contributed by atoms with Crippen LogP contribution in [-0.2, 0) is 0 Å². The molecule has 26 heavy (non-hydrogen) atoms. The number of H-pyrrole nitrogens is 1. The summed E-state index contributed by atoms with van der Waals surface area (Å²) in [6, 6.07) is 6.86. The molecule has 0 aliphatic carbocycles. The van der Waals surface area contributed by atoms with Crippen molar-refractivity contribution in [2.24, 2.45) is 17.1 Å². The second kappa shape index (κ2) is 6.32. The van der Waals surface area contributed by atoms with Gasteiger partial charge in [-0.1, -0.05) is 13.8 Å². The molecule has 0 aromatic carbocycles. The second-order valence-electron chi connectivity index (χ2n) is 7.63. The van der Waals surface area contributed by atoms with E-state index < -0.39 is 0 Å². The van der Waals surface area contributed by atoms with Crippen molar-refractivity contribution in [3.8, 4) is 11.4 Å². The van der Waals surface area contributed by atoms with Crippen molar-refractivity contribution >= 4 is 16.9 Å². The molecule has 6 nitrogen and oxygen atoms in total. The van der Waals surface area contributed by atoms with E-state index in [0.717, 1.165) is 30.7 Å². The lowest BCUT2D eigenvalue weighted by atomic mass is 9.73. The van der Waals surface area contributed by atoms with Crippen LogP contribution in [0.15, 0.2) is 30.5 Å². The first kappa shape index (κ1) is 16.9. The average Bonchev–Trinajstić information content (AvgIpc) is 3.02. The van der Waals surface area contributed by atoms with Crippen molar-refractivity contribution in [2.45, 2.75) is 20.3 Å². The van der Waals surface area contributed by atoms with Gasteiger partial charge >= 0.3 is 0 Å². The van der Waals surface area contributed by atoms with Gasteiger partial charge in [0.2, 0.25) is 0 Å². The smallest absolute Gasteiger partial charge is 0.181 e. The zero-order valence-electron chi connectivity index (χ0n) is 15.0. The molecule has 4 rings (SSSR count). The number of fused-ring (bicyclic) bond motifs is 1. The van der Waals surface area contributed by atoms with E-state index in [1.807, 2.05) is 6.07 Å². The number of nitrogens with one attached hydrogen (secondary N) is 1. The number of hydrogen-bond donors (Lipinski definition) is 2. The molecule has 3 aromatic heterocycles. The summed E-state index contributed by atoms with van der Waals surface area (Å²) in [5, 5.41) is 7.77. The Morgan fingerprint density at radius 1 is 1.35 bits per heavy atom. The van der Waals surface area contributed by atoms with Crippen molar-refractivity contribution in [3.05, 3.63) is 36.3 Å². The first-order chi connectivity index (χ1) is 12.5. The minimum Gasteiger partial charge on any atom is -0.355 e. The highest BCUT2D eigenvalue weighted by Gasteiger charge is 2.42. The van der Waals surface area contributed by atoms with Crippen molar-refractivity contribution in [1.29, 1.82) is 0 Å². The molecule has 0 amide bonds. The molecule has 0 unspecified atom stereocenters. The summed E-state index contributed by atoms with van der Waals surface area (Å²) < 4.78 is 14.5. The van der Waals surface area contributed by atoms with Gasteiger partial charge in [0.1, 0.15) is 11.5 Å². The van der Waals surface area contributed by atoms with Crippen molar-refractivity contribution in [2.75, 3.05) is 24.5 Å². The maximum Gasteiger partial charge on any atom is 0.181 e. The lowest BCUT2D eigenvalue weighted by Crippen LogP contribution is -2.60. The summed E-state index contributed by atoms with van der Waals surface area (Å²) in [6.45, 7) is 6.79. The fourth-order valence-corrected chi connectivity index (χ4v) is 3.95. The van der Waals surface area contributed by atoms with E-state index in [4.69, 9.17) is 5.73 Å². The van der Waals surface area contributed by atoms with Gasteiger partial charge in [-0.25, -0.2) is 14.4 Å². The molecule has 1 aliphatic rings.